The molecule has 0 atom stereocenters. The summed E-state index contributed by atoms with van der Waals surface area (Å²) in [6.45, 7) is 6.29. The van der Waals surface area contributed by atoms with Gasteiger partial charge in [-0.25, -0.2) is 4.98 Å². The average molecular weight is 218 g/mol. The second kappa shape index (κ2) is 3.76. The molecule has 13 heavy (non-hydrogen) atoms. The maximum Gasteiger partial charge on any atom is 0.227 e. The summed E-state index contributed by atoms with van der Waals surface area (Å²) in [5.41, 5.74) is 0.827. The van der Waals surface area contributed by atoms with Gasteiger partial charge in [-0.3, -0.25) is 4.79 Å². The monoisotopic (exact) mass is 217 g/mol. The average Bonchev–Trinajstić information content (AvgIpc) is 2.32. The zero-order valence-electron chi connectivity index (χ0n) is 7.93. The topological polar surface area (TPSA) is 30.0 Å². The van der Waals surface area contributed by atoms with Gasteiger partial charge in [0.15, 0.2) is 0 Å². The first-order valence-electron chi connectivity index (χ1n) is 4.03. The molecule has 1 aromatic rings. The van der Waals surface area contributed by atoms with E-state index in [1.165, 1.54) is 0 Å². The number of hydrogen-bond donors (Lipinski definition) is 0. The molecule has 1 rings (SSSR count). The molecule has 0 spiro atoms. The lowest BCUT2D eigenvalue weighted by atomic mass is 9.98. The molecule has 0 N–H and O–H groups in total. The lowest BCUT2D eigenvalue weighted by Gasteiger charge is -2.13. The first-order valence-corrected chi connectivity index (χ1v) is 5.28. The van der Waals surface area contributed by atoms with Gasteiger partial charge >= 0.3 is 0 Å². The molecular formula is C9H12ClNOS. The van der Waals surface area contributed by atoms with Crippen LogP contribution in [0.3, 0.4) is 0 Å². The minimum atomic E-state index is -0.356. The van der Waals surface area contributed by atoms with Crippen molar-refractivity contribution in [2.45, 2.75) is 32.6 Å². The molecule has 1 aromatic heterocycles. The summed E-state index contributed by atoms with van der Waals surface area (Å²) in [5, 5.41) is 2.58. The highest BCUT2D eigenvalue weighted by Gasteiger charge is 2.18. The van der Waals surface area contributed by atoms with Crippen LogP contribution in [0.4, 0.5) is 0 Å². The number of halogens is 1. The number of rotatable bonds is 2. The van der Waals surface area contributed by atoms with Gasteiger partial charge in [-0.05, 0) is 11.6 Å². The summed E-state index contributed by atoms with van der Waals surface area (Å²) in [7, 11) is 0. The van der Waals surface area contributed by atoms with Gasteiger partial charge in [0.2, 0.25) is 5.24 Å². The van der Waals surface area contributed by atoms with Crippen LogP contribution in [-0.4, -0.2) is 10.2 Å². The summed E-state index contributed by atoms with van der Waals surface area (Å²) in [4.78, 5) is 14.9. The van der Waals surface area contributed by atoms with Crippen LogP contribution in [0, 0.1) is 0 Å². The lowest BCUT2D eigenvalue weighted by molar-refractivity contribution is -0.111. The van der Waals surface area contributed by atoms with E-state index in [0.29, 0.717) is 0 Å². The first kappa shape index (κ1) is 10.7. The normalized spacial score (nSPS) is 11.7. The zero-order chi connectivity index (χ0) is 10.1. The van der Waals surface area contributed by atoms with Crippen molar-refractivity contribution in [3.63, 3.8) is 0 Å². The van der Waals surface area contributed by atoms with Crippen molar-refractivity contribution in [2.24, 2.45) is 0 Å². The molecule has 1 heterocycles. The molecule has 0 aliphatic carbocycles. The third-order valence-electron chi connectivity index (χ3n) is 1.51. The highest BCUT2D eigenvalue weighted by Crippen LogP contribution is 2.25. The largest absolute Gasteiger partial charge is 0.281 e. The fourth-order valence-corrected chi connectivity index (χ4v) is 1.92. The number of carbonyl (C=O) groups excluding carboxylic acids is 1. The van der Waals surface area contributed by atoms with Gasteiger partial charge in [0.1, 0.15) is 0 Å². The van der Waals surface area contributed by atoms with Crippen LogP contribution in [0.15, 0.2) is 5.38 Å². The summed E-state index contributed by atoms with van der Waals surface area (Å²) in [6.07, 6.45) is 0.230. The third-order valence-corrected chi connectivity index (χ3v) is 2.96. The fraction of sp³-hybridized carbons (Fsp3) is 0.556. The summed E-state index contributed by atoms with van der Waals surface area (Å²) in [5.74, 6) is 0. The fourth-order valence-electron chi connectivity index (χ4n) is 0.875. The second-order valence-corrected chi connectivity index (χ2v) is 5.21. The van der Waals surface area contributed by atoms with E-state index in [0.717, 1.165) is 10.7 Å². The van der Waals surface area contributed by atoms with Crippen molar-refractivity contribution >= 4 is 28.2 Å². The van der Waals surface area contributed by atoms with E-state index in [1.54, 1.807) is 11.3 Å². The molecule has 0 saturated carbocycles. The second-order valence-electron chi connectivity index (χ2n) is 3.93. The Balaban J connectivity index is 2.81. The van der Waals surface area contributed by atoms with Gasteiger partial charge in [-0.1, -0.05) is 20.8 Å². The molecule has 2 nitrogen and oxygen atoms in total. The quantitative estimate of drug-likeness (QED) is 0.714. The van der Waals surface area contributed by atoms with Gasteiger partial charge in [0.25, 0.3) is 0 Å². The third kappa shape index (κ3) is 3.08. The van der Waals surface area contributed by atoms with Crippen molar-refractivity contribution in [1.29, 1.82) is 0 Å². The molecule has 0 radical (unpaired) electrons. The minimum Gasteiger partial charge on any atom is -0.281 e. The predicted molar refractivity (Wildman–Crippen MR) is 55.4 cm³/mol. The Labute approximate surface area is 86.9 Å². The maximum atomic E-state index is 10.6. The van der Waals surface area contributed by atoms with E-state index in [1.807, 2.05) is 5.38 Å². The Kier molecular flexibility index (Phi) is 3.09. The predicted octanol–water partition coefficient (Wildman–Crippen LogP) is 2.75. The summed E-state index contributed by atoms with van der Waals surface area (Å²) in [6, 6.07) is 0. The van der Waals surface area contributed by atoms with Gasteiger partial charge in [0.05, 0.1) is 17.1 Å². The molecule has 0 aliphatic rings. The number of nitrogens with zero attached hydrogens (tertiary/aromatic N) is 1. The summed E-state index contributed by atoms with van der Waals surface area (Å²) < 4.78 is 0. The van der Waals surface area contributed by atoms with Gasteiger partial charge in [-0.2, -0.15) is 0 Å². The van der Waals surface area contributed by atoms with Crippen molar-refractivity contribution in [2.75, 3.05) is 0 Å². The zero-order valence-corrected chi connectivity index (χ0v) is 9.50. The lowest BCUT2D eigenvalue weighted by Crippen LogP contribution is -2.10. The van der Waals surface area contributed by atoms with Crippen LogP contribution in [0.1, 0.15) is 31.5 Å². The van der Waals surface area contributed by atoms with E-state index in [4.69, 9.17) is 11.6 Å². The van der Waals surface area contributed by atoms with Crippen LogP contribution in [-0.2, 0) is 16.6 Å². The van der Waals surface area contributed by atoms with E-state index in [-0.39, 0.29) is 17.1 Å². The Morgan fingerprint density at radius 1 is 1.62 bits per heavy atom. The standard InChI is InChI=1S/C9H12ClNOS/c1-9(2,3)8-11-6(5-13-8)4-7(10)12/h5H,4H2,1-3H3. The van der Waals surface area contributed by atoms with Crippen LogP contribution in [0.25, 0.3) is 0 Å². The van der Waals surface area contributed by atoms with Crippen LogP contribution >= 0.6 is 22.9 Å². The molecule has 0 saturated heterocycles. The van der Waals surface area contributed by atoms with Crippen LogP contribution < -0.4 is 0 Å². The molecule has 0 bridgehead atoms. The number of carbonyl (C=O) groups is 1. The number of hydrogen-bond acceptors (Lipinski definition) is 3. The molecular weight excluding hydrogens is 206 g/mol. The van der Waals surface area contributed by atoms with Crippen LogP contribution in [0.5, 0.6) is 0 Å². The van der Waals surface area contributed by atoms with Gasteiger partial charge in [0, 0.05) is 10.8 Å². The van der Waals surface area contributed by atoms with Gasteiger partial charge < -0.3 is 0 Å². The van der Waals surface area contributed by atoms with E-state index in [2.05, 4.69) is 25.8 Å². The first-order chi connectivity index (χ1) is 5.89. The molecule has 0 fully saturated rings. The Hall–Kier alpha value is -0.410. The Bertz CT molecular complexity index is 314. The number of thiazole rings is 1. The van der Waals surface area contributed by atoms with Crippen molar-refractivity contribution < 1.29 is 4.79 Å². The minimum absolute atomic E-state index is 0.0538. The molecule has 0 unspecified atom stereocenters. The molecule has 4 heteroatoms. The van der Waals surface area contributed by atoms with Crippen molar-refractivity contribution in [3.8, 4) is 0 Å². The van der Waals surface area contributed by atoms with Crippen molar-refractivity contribution in [1.82, 2.24) is 4.98 Å². The highest BCUT2D eigenvalue weighted by molar-refractivity contribution is 7.09. The smallest absolute Gasteiger partial charge is 0.227 e. The van der Waals surface area contributed by atoms with Crippen LogP contribution in [0.2, 0.25) is 0 Å². The molecule has 0 aromatic carbocycles. The molecule has 0 amide bonds. The van der Waals surface area contributed by atoms with E-state index in [9.17, 15) is 4.79 Å². The number of aromatic nitrogens is 1. The Morgan fingerprint density at radius 2 is 2.23 bits per heavy atom. The van der Waals surface area contributed by atoms with E-state index < -0.39 is 0 Å². The van der Waals surface area contributed by atoms with Crippen molar-refractivity contribution in [3.05, 3.63) is 16.1 Å². The molecule has 0 aliphatic heterocycles. The molecule has 72 valence electrons. The van der Waals surface area contributed by atoms with E-state index >= 15 is 0 Å². The maximum absolute atomic E-state index is 10.6. The SMILES string of the molecule is CC(C)(C)c1nc(CC(=O)Cl)cs1. The highest BCUT2D eigenvalue weighted by atomic mass is 35.5. The summed E-state index contributed by atoms with van der Waals surface area (Å²) >= 11 is 6.84. The Morgan fingerprint density at radius 3 is 2.62 bits per heavy atom. The van der Waals surface area contributed by atoms with Gasteiger partial charge in [-0.15, -0.1) is 11.3 Å².